The van der Waals surface area contributed by atoms with Crippen molar-refractivity contribution in [1.29, 1.82) is 0 Å². The van der Waals surface area contributed by atoms with Gasteiger partial charge in [-0.05, 0) is 148 Å². The summed E-state index contributed by atoms with van der Waals surface area (Å²) in [5, 5.41) is 13.2. The van der Waals surface area contributed by atoms with E-state index in [0.29, 0.717) is 36.3 Å². The lowest BCUT2D eigenvalue weighted by atomic mass is 9.37. The average Bonchev–Trinajstić information content (AvgIpc) is 3.44. The normalized spacial score (nSPS) is 47.4. The fourth-order valence-corrected chi connectivity index (χ4v) is 15.7. The second-order valence-electron chi connectivity index (χ2n) is 18.7. The maximum Gasteiger partial charge on any atom is 0.306 e. The molecular formula is C40H64N2O4S. The molecule has 5 fully saturated rings. The van der Waals surface area contributed by atoms with Crippen LogP contribution in [0.3, 0.4) is 0 Å². The Hall–Kier alpha value is -1.18. The summed E-state index contributed by atoms with van der Waals surface area (Å²) in [5.74, 6) is 3.03. The van der Waals surface area contributed by atoms with Crippen molar-refractivity contribution >= 4 is 15.8 Å². The molecular weight excluding hydrogens is 605 g/mol. The number of allylic oxidation sites excluding steroid dienone is 4. The fourth-order valence-electron chi connectivity index (χ4n) is 14.0. The minimum absolute atomic E-state index is 0.123. The molecule has 7 heteroatoms. The van der Waals surface area contributed by atoms with Crippen molar-refractivity contribution in [2.45, 2.75) is 141 Å². The first-order valence-corrected chi connectivity index (χ1v) is 21.1. The quantitative estimate of drug-likeness (QED) is 0.303. The van der Waals surface area contributed by atoms with Gasteiger partial charge in [-0.15, -0.1) is 0 Å². The second kappa shape index (κ2) is 12.0. The van der Waals surface area contributed by atoms with Crippen molar-refractivity contribution < 1.29 is 18.3 Å². The molecule has 1 aliphatic heterocycles. The molecule has 264 valence electrons. The standard InChI is InChI=1S/C40H64N2O4S/c1-26-24-42(25-27(2)47(26,45)46)23-22-41-40-18-7-8-33(40)30-13-14-35-38(5,32(30)16-21-40)20-17-34-37(3,4)31(15-19-39(34,35)6)28-9-11-29(12-10-28)36(43)44/h9,15,26-27,29-30,32-35,41H,7-8,10-14,16-25H2,1-6H3,(H,43,44). The van der Waals surface area contributed by atoms with Crippen molar-refractivity contribution in [2.75, 3.05) is 26.2 Å². The summed E-state index contributed by atoms with van der Waals surface area (Å²) in [6.07, 6.45) is 20.6. The number of sulfone groups is 1. The average molecular weight is 669 g/mol. The summed E-state index contributed by atoms with van der Waals surface area (Å²) in [6, 6.07) is 0. The number of hydrogen-bond donors (Lipinski definition) is 2. The predicted octanol–water partition coefficient (Wildman–Crippen LogP) is 7.65. The van der Waals surface area contributed by atoms with Crippen LogP contribution in [0.1, 0.15) is 125 Å². The molecule has 6 aliphatic carbocycles. The SMILES string of the molecule is CC1CN(CCNC23CCCC2C2CCC4C(C)(CCC5C(C)(C)C(C6=CCC(C(=O)O)CC6)=CCC54C)C2CC3)CC(C)S1(=O)=O. The number of hydrogen-bond acceptors (Lipinski definition) is 5. The zero-order chi connectivity index (χ0) is 33.6. The number of carboxylic acids is 1. The van der Waals surface area contributed by atoms with E-state index < -0.39 is 15.8 Å². The number of fused-ring (bicyclic) bond motifs is 7. The zero-order valence-corrected chi connectivity index (χ0v) is 31.1. The molecule has 0 radical (unpaired) electrons. The van der Waals surface area contributed by atoms with Gasteiger partial charge in [0.15, 0.2) is 9.84 Å². The first-order valence-electron chi connectivity index (χ1n) is 19.5. The second-order valence-corrected chi connectivity index (χ2v) is 21.5. The highest BCUT2D eigenvalue weighted by atomic mass is 32.2. The highest BCUT2D eigenvalue weighted by molar-refractivity contribution is 7.92. The maximum absolute atomic E-state index is 12.6. The van der Waals surface area contributed by atoms with Crippen LogP contribution in [-0.4, -0.2) is 66.6 Å². The minimum Gasteiger partial charge on any atom is -0.481 e. The Balaban J connectivity index is 1.05. The molecule has 7 aliphatic rings. The Labute approximate surface area is 285 Å². The summed E-state index contributed by atoms with van der Waals surface area (Å²) in [4.78, 5) is 14.0. The van der Waals surface area contributed by atoms with E-state index in [2.05, 4.69) is 50.1 Å². The predicted molar refractivity (Wildman–Crippen MR) is 190 cm³/mol. The molecule has 2 N–H and O–H groups in total. The van der Waals surface area contributed by atoms with Gasteiger partial charge in [0.05, 0.1) is 16.4 Å². The number of nitrogens with zero attached hydrogens (tertiary/aromatic N) is 1. The van der Waals surface area contributed by atoms with Crippen molar-refractivity contribution in [1.82, 2.24) is 10.2 Å². The van der Waals surface area contributed by atoms with Gasteiger partial charge >= 0.3 is 5.97 Å². The van der Waals surface area contributed by atoms with Crippen LogP contribution in [0.4, 0.5) is 0 Å². The van der Waals surface area contributed by atoms with E-state index in [1.54, 1.807) is 0 Å². The van der Waals surface area contributed by atoms with E-state index in [1.807, 2.05) is 13.8 Å². The number of nitrogens with one attached hydrogen (secondary N) is 1. The number of rotatable bonds is 6. The third-order valence-corrected chi connectivity index (χ3v) is 18.8. The Morgan fingerprint density at radius 1 is 0.894 bits per heavy atom. The Kier molecular flexibility index (Phi) is 8.72. The van der Waals surface area contributed by atoms with Gasteiger partial charge in [0, 0.05) is 31.7 Å². The summed E-state index contributed by atoms with van der Waals surface area (Å²) in [7, 11) is -2.98. The van der Waals surface area contributed by atoms with Crippen molar-refractivity contribution in [3.8, 4) is 0 Å². The van der Waals surface area contributed by atoms with Crippen molar-refractivity contribution in [3.63, 3.8) is 0 Å². The van der Waals surface area contributed by atoms with Crippen LogP contribution < -0.4 is 5.32 Å². The lowest BCUT2D eigenvalue weighted by Crippen LogP contribution is -2.64. The number of carbonyl (C=O) groups is 1. The Morgan fingerprint density at radius 3 is 2.32 bits per heavy atom. The first kappa shape index (κ1) is 34.3. The van der Waals surface area contributed by atoms with Gasteiger partial charge in [-0.25, -0.2) is 8.42 Å². The third-order valence-electron chi connectivity index (χ3n) is 16.3. The highest BCUT2D eigenvalue weighted by Crippen LogP contribution is 2.72. The van der Waals surface area contributed by atoms with E-state index in [-0.39, 0.29) is 27.4 Å². The molecule has 0 aromatic rings. The molecule has 11 atom stereocenters. The van der Waals surface area contributed by atoms with Gasteiger partial charge in [0.25, 0.3) is 0 Å². The van der Waals surface area contributed by atoms with Gasteiger partial charge in [-0.2, -0.15) is 0 Å². The van der Waals surface area contributed by atoms with Gasteiger partial charge in [-0.3, -0.25) is 9.69 Å². The molecule has 6 nitrogen and oxygen atoms in total. The number of carboxylic acid groups (broad SMARTS) is 1. The van der Waals surface area contributed by atoms with Crippen LogP contribution in [0.25, 0.3) is 0 Å². The third kappa shape index (κ3) is 5.36. The van der Waals surface area contributed by atoms with E-state index in [9.17, 15) is 18.3 Å². The molecule has 0 spiro atoms. The first-order chi connectivity index (χ1) is 22.1. The molecule has 1 saturated heterocycles. The van der Waals surface area contributed by atoms with E-state index in [1.165, 1.54) is 75.4 Å². The minimum atomic E-state index is -2.98. The van der Waals surface area contributed by atoms with Gasteiger partial charge < -0.3 is 10.4 Å². The molecule has 7 rings (SSSR count). The van der Waals surface area contributed by atoms with Crippen molar-refractivity contribution in [2.24, 2.45) is 51.8 Å². The molecule has 0 amide bonds. The molecule has 0 aromatic carbocycles. The summed E-state index contributed by atoms with van der Waals surface area (Å²) in [6.45, 7) is 17.5. The summed E-state index contributed by atoms with van der Waals surface area (Å²) >= 11 is 0. The monoisotopic (exact) mass is 668 g/mol. The summed E-state index contributed by atoms with van der Waals surface area (Å²) in [5.41, 5.74) is 4.12. The Morgan fingerprint density at radius 2 is 1.64 bits per heavy atom. The van der Waals surface area contributed by atoms with Gasteiger partial charge in [-0.1, -0.05) is 46.3 Å². The van der Waals surface area contributed by atoms with Crippen LogP contribution in [0.5, 0.6) is 0 Å². The summed E-state index contributed by atoms with van der Waals surface area (Å²) < 4.78 is 25.1. The fraction of sp³-hybridized carbons (Fsp3) is 0.875. The maximum atomic E-state index is 12.6. The van der Waals surface area contributed by atoms with Gasteiger partial charge in [0.2, 0.25) is 0 Å². The molecule has 1 heterocycles. The zero-order valence-electron chi connectivity index (χ0n) is 30.3. The smallest absolute Gasteiger partial charge is 0.306 e. The lowest BCUT2D eigenvalue weighted by molar-refractivity contribution is -0.175. The molecule has 11 unspecified atom stereocenters. The van der Waals surface area contributed by atoms with Crippen LogP contribution in [0.15, 0.2) is 23.3 Å². The molecule has 4 saturated carbocycles. The van der Waals surface area contributed by atoms with Gasteiger partial charge in [0.1, 0.15) is 0 Å². The molecule has 47 heavy (non-hydrogen) atoms. The van der Waals surface area contributed by atoms with Crippen LogP contribution in [0.2, 0.25) is 0 Å². The van der Waals surface area contributed by atoms with Crippen LogP contribution in [0, 0.1) is 51.8 Å². The largest absolute Gasteiger partial charge is 0.481 e. The van der Waals surface area contributed by atoms with Crippen LogP contribution in [-0.2, 0) is 14.6 Å². The number of aliphatic carboxylic acids is 1. The molecule has 0 aromatic heterocycles. The van der Waals surface area contributed by atoms with E-state index in [4.69, 9.17) is 0 Å². The van der Waals surface area contributed by atoms with E-state index >= 15 is 0 Å². The highest BCUT2D eigenvalue weighted by Gasteiger charge is 2.65. The topological polar surface area (TPSA) is 86.7 Å². The lowest BCUT2D eigenvalue weighted by Gasteiger charge is -2.68. The van der Waals surface area contributed by atoms with E-state index in [0.717, 1.165) is 49.6 Å². The van der Waals surface area contributed by atoms with Crippen LogP contribution >= 0.6 is 0 Å². The van der Waals surface area contributed by atoms with Crippen molar-refractivity contribution in [3.05, 3.63) is 23.3 Å². The molecule has 0 bridgehead atoms. The Bertz CT molecular complexity index is 1400.